The molecular formula is C22H20F6IN3O3. The molecule has 0 saturated carbocycles. The molecule has 6 nitrogen and oxygen atoms in total. The van der Waals surface area contributed by atoms with E-state index in [-0.39, 0.29) is 30.1 Å². The maximum atomic E-state index is 14.6. The van der Waals surface area contributed by atoms with Crippen molar-refractivity contribution in [2.75, 3.05) is 25.0 Å². The predicted octanol–water partition coefficient (Wildman–Crippen LogP) is 4.74. The number of anilines is 2. The number of likely N-dealkylation sites (tertiary alicyclic amines) is 1. The molecule has 3 N–H and O–H groups in total. The number of hydrogen-bond acceptors (Lipinski definition) is 5. The second-order valence-corrected chi connectivity index (χ2v) is 9.56. The van der Waals surface area contributed by atoms with Gasteiger partial charge in [-0.25, -0.2) is 18.0 Å². The van der Waals surface area contributed by atoms with Gasteiger partial charge in [0.1, 0.15) is 11.4 Å². The highest BCUT2D eigenvalue weighted by molar-refractivity contribution is 14.1. The fourth-order valence-corrected chi connectivity index (χ4v) is 4.20. The molecule has 0 aromatic heterocycles. The van der Waals surface area contributed by atoms with Gasteiger partial charge in [0.15, 0.2) is 11.6 Å². The zero-order valence-electron chi connectivity index (χ0n) is 18.2. The third-order valence-electron chi connectivity index (χ3n) is 5.42. The van der Waals surface area contributed by atoms with Crippen molar-refractivity contribution in [3.05, 3.63) is 56.9 Å². The Morgan fingerprint density at radius 3 is 2.40 bits per heavy atom. The molecule has 1 saturated heterocycles. The summed E-state index contributed by atoms with van der Waals surface area (Å²) in [6.45, 7) is 0.890. The molecule has 0 unspecified atom stereocenters. The standard InChI is InChI=1S/C22H20F6IN3O3/c1-11(8-30)7-21(35-20(34)22(26,27)28)9-32(10-21)19(33)13-3-4-14(23)17(25)18(13)31-16-5-2-12(29)6-15(16)24/h2-6,11,31H,7-10,30H2,1H3/t11-/m1/s1. The summed E-state index contributed by atoms with van der Waals surface area (Å²) in [7, 11) is 0. The van der Waals surface area contributed by atoms with Crippen molar-refractivity contribution < 1.29 is 40.7 Å². The van der Waals surface area contributed by atoms with E-state index < -0.39 is 59.9 Å². The first-order valence-corrected chi connectivity index (χ1v) is 11.3. The number of nitrogens with two attached hydrogens (primary N) is 1. The first kappa shape index (κ1) is 27.0. The average Bonchev–Trinajstić information content (AvgIpc) is 2.75. The van der Waals surface area contributed by atoms with Crippen LogP contribution in [0.5, 0.6) is 0 Å². The molecule has 1 fully saturated rings. The highest BCUT2D eigenvalue weighted by Gasteiger charge is 2.53. The van der Waals surface area contributed by atoms with Crippen LogP contribution in [-0.2, 0) is 9.53 Å². The Labute approximate surface area is 209 Å². The zero-order valence-corrected chi connectivity index (χ0v) is 20.3. The number of hydrogen-bond donors (Lipinski definition) is 2. The maximum Gasteiger partial charge on any atom is 0.490 e. The smallest absolute Gasteiger partial charge is 0.449 e. The van der Waals surface area contributed by atoms with E-state index in [0.29, 0.717) is 9.64 Å². The number of carbonyl (C=O) groups excluding carboxylic acids is 2. The van der Waals surface area contributed by atoms with Crippen LogP contribution in [0.15, 0.2) is 30.3 Å². The SMILES string of the molecule is C[C@@H](CN)CC1(OC(=O)C(F)(F)F)CN(C(=O)c2ccc(F)c(F)c2Nc2ccc(I)cc2F)C1. The number of ether oxygens (including phenoxy) is 1. The van der Waals surface area contributed by atoms with E-state index in [2.05, 4.69) is 5.32 Å². The summed E-state index contributed by atoms with van der Waals surface area (Å²) < 4.78 is 86.5. The molecule has 1 aliphatic rings. The van der Waals surface area contributed by atoms with E-state index in [4.69, 9.17) is 10.5 Å². The van der Waals surface area contributed by atoms with Gasteiger partial charge >= 0.3 is 12.1 Å². The van der Waals surface area contributed by atoms with Crippen LogP contribution in [0.4, 0.5) is 37.7 Å². The summed E-state index contributed by atoms with van der Waals surface area (Å²) in [5.74, 6) is -7.14. The summed E-state index contributed by atoms with van der Waals surface area (Å²) in [4.78, 5) is 25.6. The number of benzene rings is 2. The Hall–Kier alpha value is -2.55. The van der Waals surface area contributed by atoms with Crippen LogP contribution in [0.2, 0.25) is 0 Å². The number of nitrogens with one attached hydrogen (secondary N) is 1. The summed E-state index contributed by atoms with van der Waals surface area (Å²) in [6.07, 6.45) is -5.29. The lowest BCUT2D eigenvalue weighted by atomic mass is 9.83. The van der Waals surface area contributed by atoms with Crippen molar-refractivity contribution in [1.29, 1.82) is 0 Å². The van der Waals surface area contributed by atoms with Crippen molar-refractivity contribution in [2.24, 2.45) is 11.7 Å². The monoisotopic (exact) mass is 615 g/mol. The molecule has 13 heteroatoms. The molecule has 2 aromatic rings. The first-order valence-electron chi connectivity index (χ1n) is 10.3. The normalized spacial score (nSPS) is 15.9. The topological polar surface area (TPSA) is 84.7 Å². The van der Waals surface area contributed by atoms with E-state index in [1.165, 1.54) is 12.1 Å². The largest absolute Gasteiger partial charge is 0.490 e. The van der Waals surface area contributed by atoms with Crippen LogP contribution in [-0.4, -0.2) is 48.2 Å². The van der Waals surface area contributed by atoms with Gasteiger partial charge in [-0.1, -0.05) is 6.92 Å². The molecule has 190 valence electrons. The fourth-order valence-electron chi connectivity index (χ4n) is 3.75. The summed E-state index contributed by atoms with van der Waals surface area (Å²) in [5, 5.41) is 2.38. The van der Waals surface area contributed by atoms with Gasteiger partial charge in [0.25, 0.3) is 5.91 Å². The van der Waals surface area contributed by atoms with Crippen molar-refractivity contribution in [3.63, 3.8) is 0 Å². The van der Waals surface area contributed by atoms with Gasteiger partial charge in [0.2, 0.25) is 0 Å². The first-order chi connectivity index (χ1) is 16.3. The predicted molar refractivity (Wildman–Crippen MR) is 122 cm³/mol. The Balaban J connectivity index is 1.88. The number of carbonyl (C=O) groups is 2. The minimum Gasteiger partial charge on any atom is -0.449 e. The number of nitrogens with zero attached hydrogens (tertiary/aromatic N) is 1. The number of rotatable bonds is 7. The molecule has 0 bridgehead atoms. The summed E-state index contributed by atoms with van der Waals surface area (Å²) in [6, 6.07) is 5.58. The number of halogens is 7. The van der Waals surface area contributed by atoms with Gasteiger partial charge in [-0.2, -0.15) is 13.2 Å². The minimum atomic E-state index is -5.24. The Morgan fingerprint density at radius 1 is 1.17 bits per heavy atom. The molecule has 1 amide bonds. The number of amides is 1. The van der Waals surface area contributed by atoms with Crippen LogP contribution in [0.3, 0.4) is 0 Å². The van der Waals surface area contributed by atoms with Crippen LogP contribution in [0.25, 0.3) is 0 Å². The van der Waals surface area contributed by atoms with Crippen LogP contribution in [0, 0.1) is 26.9 Å². The van der Waals surface area contributed by atoms with E-state index in [1.807, 2.05) is 22.6 Å². The highest BCUT2D eigenvalue weighted by atomic mass is 127. The molecule has 0 radical (unpaired) electrons. The molecule has 1 heterocycles. The van der Waals surface area contributed by atoms with Crippen molar-refractivity contribution in [1.82, 2.24) is 4.90 Å². The quantitative estimate of drug-likeness (QED) is 0.267. The van der Waals surface area contributed by atoms with Gasteiger partial charge < -0.3 is 20.7 Å². The fraction of sp³-hybridized carbons (Fsp3) is 0.364. The molecule has 1 atom stereocenters. The molecule has 2 aromatic carbocycles. The van der Waals surface area contributed by atoms with E-state index in [1.54, 1.807) is 6.92 Å². The van der Waals surface area contributed by atoms with Crippen LogP contribution >= 0.6 is 22.6 Å². The third-order valence-corrected chi connectivity index (χ3v) is 6.10. The van der Waals surface area contributed by atoms with Crippen molar-refractivity contribution >= 4 is 45.8 Å². The zero-order chi connectivity index (χ0) is 26.1. The third kappa shape index (κ3) is 6.00. The highest BCUT2D eigenvalue weighted by Crippen LogP contribution is 2.37. The molecule has 1 aliphatic heterocycles. The van der Waals surface area contributed by atoms with Crippen molar-refractivity contribution in [2.45, 2.75) is 25.1 Å². The van der Waals surface area contributed by atoms with Gasteiger partial charge in [0.05, 0.1) is 30.0 Å². The van der Waals surface area contributed by atoms with E-state index in [0.717, 1.165) is 17.0 Å². The second kappa shape index (κ2) is 10.2. The lowest BCUT2D eigenvalue weighted by Gasteiger charge is -2.50. The van der Waals surface area contributed by atoms with Gasteiger partial charge in [-0.3, -0.25) is 4.79 Å². The summed E-state index contributed by atoms with van der Waals surface area (Å²) >= 11 is 1.85. The Bertz CT molecular complexity index is 1140. The Kier molecular flexibility index (Phi) is 7.89. The van der Waals surface area contributed by atoms with Gasteiger partial charge in [-0.05, 0) is 71.8 Å². The van der Waals surface area contributed by atoms with Crippen LogP contribution in [0.1, 0.15) is 23.7 Å². The van der Waals surface area contributed by atoms with Gasteiger partial charge in [0, 0.05) is 3.57 Å². The number of alkyl halides is 3. The van der Waals surface area contributed by atoms with E-state index >= 15 is 0 Å². The minimum absolute atomic E-state index is 0.0498. The lowest BCUT2D eigenvalue weighted by molar-refractivity contribution is -0.226. The maximum absolute atomic E-state index is 14.6. The summed E-state index contributed by atoms with van der Waals surface area (Å²) in [5.41, 5.74) is 2.65. The van der Waals surface area contributed by atoms with Crippen LogP contribution < -0.4 is 11.1 Å². The second-order valence-electron chi connectivity index (χ2n) is 8.31. The van der Waals surface area contributed by atoms with E-state index in [9.17, 15) is 35.9 Å². The number of esters is 1. The van der Waals surface area contributed by atoms with Crippen molar-refractivity contribution in [3.8, 4) is 0 Å². The Morgan fingerprint density at radius 2 is 1.83 bits per heavy atom. The molecule has 3 rings (SSSR count). The molecule has 35 heavy (non-hydrogen) atoms. The molecular weight excluding hydrogens is 595 g/mol. The molecule has 0 spiro atoms. The average molecular weight is 615 g/mol. The molecule has 0 aliphatic carbocycles. The van der Waals surface area contributed by atoms with Gasteiger partial charge in [-0.15, -0.1) is 0 Å². The lowest BCUT2D eigenvalue weighted by Crippen LogP contribution is -2.66.